The lowest BCUT2D eigenvalue weighted by molar-refractivity contribution is 0.0666. The van der Waals surface area contributed by atoms with Gasteiger partial charge < -0.3 is 47.6 Å². The molecule has 4 atom stereocenters. The smallest absolute Gasteiger partial charge is 0.537 e. The number of fused-ring (bicyclic) bond motifs is 4. The Morgan fingerprint density at radius 3 is 1.11 bits per heavy atom. The minimum Gasteiger partial charge on any atom is -0.537 e. The second-order valence-electron chi connectivity index (χ2n) is 21.5. The van der Waals surface area contributed by atoms with Crippen LogP contribution in [0.4, 0.5) is 0 Å². The number of rotatable bonds is 16. The van der Waals surface area contributed by atoms with Crippen molar-refractivity contribution in [2.75, 3.05) is 52.9 Å². The van der Waals surface area contributed by atoms with Crippen molar-refractivity contribution in [3.05, 3.63) is 172 Å². The highest BCUT2D eigenvalue weighted by Crippen LogP contribution is 2.34. The van der Waals surface area contributed by atoms with Gasteiger partial charge in [0.2, 0.25) is 23.5 Å². The van der Waals surface area contributed by atoms with E-state index < -0.39 is 0 Å². The van der Waals surface area contributed by atoms with Gasteiger partial charge in [-0.15, -0.1) is 40.8 Å². The Morgan fingerprint density at radius 1 is 0.362 bits per heavy atom. The van der Waals surface area contributed by atoms with Crippen LogP contribution in [0.3, 0.4) is 0 Å². The van der Waals surface area contributed by atoms with Gasteiger partial charge in [-0.2, -0.15) is 0 Å². The van der Waals surface area contributed by atoms with Crippen LogP contribution in [0.2, 0.25) is 25.4 Å². The maximum absolute atomic E-state index is 8.21. The molecule has 0 saturated carbocycles. The molecular formula is C66H61BCl5N12O10. The summed E-state index contributed by atoms with van der Waals surface area (Å²) in [6, 6.07) is 29.2. The predicted octanol–water partition coefficient (Wildman–Crippen LogP) is 13.5. The van der Waals surface area contributed by atoms with E-state index in [1.54, 1.807) is 79.9 Å². The molecule has 8 aromatic heterocycles. The van der Waals surface area contributed by atoms with Crippen LogP contribution in [0.5, 0.6) is 29.3 Å². The van der Waals surface area contributed by atoms with Crippen molar-refractivity contribution in [3.8, 4) is 51.8 Å². The topological polar surface area (TPSA) is 258 Å². The van der Waals surface area contributed by atoms with Gasteiger partial charge in [0.05, 0.1) is 46.0 Å². The number of benzene rings is 3. The lowest BCUT2D eigenvalue weighted by Gasteiger charge is -2.13. The molecule has 0 bridgehead atoms. The van der Waals surface area contributed by atoms with E-state index in [1.165, 1.54) is 0 Å². The number of hydrogen-bond donors (Lipinski definition) is 1. The van der Waals surface area contributed by atoms with E-state index in [-0.39, 0.29) is 24.4 Å². The number of pyridine rings is 4. The van der Waals surface area contributed by atoms with Crippen molar-refractivity contribution in [2.45, 2.75) is 75.8 Å². The summed E-state index contributed by atoms with van der Waals surface area (Å²) in [4.78, 5) is 16.5. The Hall–Kier alpha value is -8.07. The summed E-state index contributed by atoms with van der Waals surface area (Å²) in [7, 11) is 0.628. The fourth-order valence-electron chi connectivity index (χ4n) is 10.3. The van der Waals surface area contributed by atoms with Gasteiger partial charge in [0.15, 0.2) is 10.3 Å². The maximum Gasteiger partial charge on any atom is 0.569 e. The second kappa shape index (κ2) is 34.4. The van der Waals surface area contributed by atoms with E-state index in [0.29, 0.717) is 88.8 Å². The molecule has 4 saturated heterocycles. The first kappa shape index (κ1) is 67.4. The first-order valence-electron chi connectivity index (χ1n) is 30.2. The van der Waals surface area contributed by atoms with Crippen molar-refractivity contribution in [1.82, 2.24) is 60.7 Å². The third-order valence-electron chi connectivity index (χ3n) is 15.1. The monoisotopic (exact) mass is 1370 g/mol. The van der Waals surface area contributed by atoms with Crippen molar-refractivity contribution in [2.24, 2.45) is 0 Å². The lowest BCUT2D eigenvalue weighted by Crippen LogP contribution is -2.17. The van der Waals surface area contributed by atoms with Crippen LogP contribution in [0, 0.1) is 0 Å². The molecule has 4 aliphatic rings. The first-order valence-corrected chi connectivity index (χ1v) is 32.1. The molecule has 1 radical (unpaired) electrons. The highest BCUT2D eigenvalue weighted by Gasteiger charge is 2.23. The maximum atomic E-state index is 8.21. The Morgan fingerprint density at radius 2 is 0.691 bits per heavy atom. The summed E-state index contributed by atoms with van der Waals surface area (Å²) in [5.74, 6) is 2.50. The van der Waals surface area contributed by atoms with Crippen molar-refractivity contribution < 1.29 is 47.6 Å². The van der Waals surface area contributed by atoms with Gasteiger partial charge >= 0.3 is 7.69 Å². The molecule has 4 fully saturated rings. The summed E-state index contributed by atoms with van der Waals surface area (Å²) in [6.07, 6.45) is 22.7. The molecule has 15 rings (SSSR count). The molecule has 483 valence electrons. The van der Waals surface area contributed by atoms with Gasteiger partial charge in [-0.25, -0.2) is 0 Å². The molecule has 11 aromatic rings. The van der Waals surface area contributed by atoms with E-state index in [9.17, 15) is 0 Å². The van der Waals surface area contributed by atoms with E-state index >= 15 is 0 Å². The van der Waals surface area contributed by atoms with Gasteiger partial charge in [-0.3, -0.25) is 19.9 Å². The molecule has 28 heteroatoms. The molecule has 0 amide bonds. The number of ether oxygens (including phenoxy) is 8. The average molecular weight is 1370 g/mol. The van der Waals surface area contributed by atoms with Crippen LogP contribution in [0.1, 0.15) is 51.4 Å². The minimum atomic E-state index is 0.134. The quantitative estimate of drug-likeness (QED) is 0.0882. The zero-order valence-electron chi connectivity index (χ0n) is 50.4. The minimum absolute atomic E-state index is 0.134. The number of halogens is 5. The molecule has 0 unspecified atom stereocenters. The summed E-state index contributed by atoms with van der Waals surface area (Å²) in [6.45, 7) is 5.18. The van der Waals surface area contributed by atoms with Crippen LogP contribution in [-0.4, -0.2) is 151 Å². The van der Waals surface area contributed by atoms with Crippen LogP contribution in [0.15, 0.2) is 147 Å². The first-order chi connectivity index (χ1) is 46.1. The molecule has 94 heavy (non-hydrogen) atoms. The SMILES string of the molecule is Clc1ccc(-c2nnc(OC[C@H]3CCCO3)c3ccncc23)cc1.Clc1ccc(-c2nnc(OC[C@H]3CCCO3)c3cnccc23)cc1.Clc1nnc(OC[C@H]2CCCO2)c2ccncc12.Clc1nnc(OC[C@H]2CCCO2)c2cnccc12.O[B]Oc1ccc(Cl)cc1. The Kier molecular flexibility index (Phi) is 24.6. The zero-order chi connectivity index (χ0) is 64.9. The van der Waals surface area contributed by atoms with Crippen LogP contribution >= 0.6 is 58.0 Å². The van der Waals surface area contributed by atoms with E-state index in [4.69, 9.17) is 101 Å². The Balaban J connectivity index is 0.000000123. The zero-order valence-corrected chi connectivity index (χ0v) is 54.2. The number of hydrogen-bond acceptors (Lipinski definition) is 22. The highest BCUT2D eigenvalue weighted by atomic mass is 35.5. The molecule has 3 aromatic carbocycles. The molecule has 0 aliphatic carbocycles. The standard InChI is InChI=1S/2C18H16ClN3O2.2C12H12ClN3O2.C6H5BClO2/c19-13-5-3-12(4-6-13)17-16-10-20-8-7-15(16)18(22-21-17)24-11-14-2-1-9-23-14;19-13-5-3-12(4-6-13)17-15-7-8-20-10-16(15)18(22-21-17)24-11-14-2-1-9-23-14;13-11-10-6-14-4-3-9(10)12(16-15-11)18-7-8-2-1-5-17-8;13-11-9-3-4-14-6-10(9)12(16-15-11)18-7-8-2-1-5-17-8;8-5-1-3-6(4-2-5)10-7-9/h2*3-8,10,14H,1-2,9,11H2;2*3-4,6,8H,1-2,5,7H2;1-4,9H/t2*14-;2*8-;/m1111./s1. The average Bonchev–Trinajstić information content (AvgIpc) is 1.53. The van der Waals surface area contributed by atoms with Crippen molar-refractivity contribution in [1.29, 1.82) is 0 Å². The van der Waals surface area contributed by atoms with Gasteiger partial charge in [-0.05, 0) is 124 Å². The molecule has 12 heterocycles. The van der Waals surface area contributed by atoms with Gasteiger partial charge in [0.25, 0.3) is 0 Å². The molecule has 1 N–H and O–H groups in total. The Bertz CT molecular complexity index is 3980. The fourth-order valence-corrected chi connectivity index (χ4v) is 11.0. The van der Waals surface area contributed by atoms with Crippen molar-refractivity contribution >= 4 is 109 Å². The lowest BCUT2D eigenvalue weighted by atomic mass is 10.1. The summed E-state index contributed by atoms with van der Waals surface area (Å²) in [5, 5.41) is 50.6. The van der Waals surface area contributed by atoms with Gasteiger partial charge in [0, 0.05) is 124 Å². The molecule has 0 spiro atoms. The van der Waals surface area contributed by atoms with Crippen LogP contribution in [-0.2, 0) is 18.9 Å². The van der Waals surface area contributed by atoms with Crippen molar-refractivity contribution in [3.63, 3.8) is 0 Å². The van der Waals surface area contributed by atoms with Crippen LogP contribution < -0.4 is 23.6 Å². The molecule has 4 aliphatic heterocycles. The van der Waals surface area contributed by atoms with Gasteiger partial charge in [0.1, 0.15) is 43.6 Å². The normalized spacial score (nSPS) is 17.2. The number of nitrogens with zero attached hydrogens (tertiary/aromatic N) is 12. The summed E-state index contributed by atoms with van der Waals surface area (Å²) in [5.41, 5.74) is 3.44. The third kappa shape index (κ3) is 18.4. The van der Waals surface area contributed by atoms with E-state index in [0.717, 1.165) is 143 Å². The van der Waals surface area contributed by atoms with Gasteiger partial charge in [-0.1, -0.05) is 82.3 Å². The molecular weight excluding hydrogens is 1310 g/mol. The van der Waals surface area contributed by atoms with Crippen LogP contribution in [0.25, 0.3) is 65.6 Å². The van der Waals surface area contributed by atoms with E-state index in [2.05, 4.69) is 65.4 Å². The number of aromatic nitrogens is 12. The predicted molar refractivity (Wildman–Crippen MR) is 358 cm³/mol. The second-order valence-corrected chi connectivity index (χ2v) is 23.5. The third-order valence-corrected chi connectivity index (χ3v) is 16.4. The highest BCUT2D eigenvalue weighted by molar-refractivity contribution is 6.35. The van der Waals surface area contributed by atoms with E-state index in [1.807, 2.05) is 66.7 Å². The molecule has 22 nitrogen and oxygen atoms in total. The summed E-state index contributed by atoms with van der Waals surface area (Å²) < 4.78 is 49.9. The summed E-state index contributed by atoms with van der Waals surface area (Å²) >= 11 is 29.5. The Labute approximate surface area is 566 Å². The largest absolute Gasteiger partial charge is 0.569 e. The fraction of sp³-hybridized carbons (Fsp3) is 0.303.